The molecule has 0 radical (unpaired) electrons. The Hall–Kier alpha value is -1.69. The molecule has 0 saturated carbocycles. The normalized spacial score (nSPS) is 11.4. The highest BCUT2D eigenvalue weighted by atomic mass is 32.2. The summed E-state index contributed by atoms with van der Waals surface area (Å²) in [7, 11) is 0. The Morgan fingerprint density at radius 3 is 2.86 bits per heavy atom. The average Bonchev–Trinajstić information content (AvgIpc) is 2.46. The molecule has 4 nitrogen and oxygen atoms in total. The van der Waals surface area contributed by atoms with Crippen LogP contribution in [0.1, 0.15) is 20.8 Å². The number of amidine groups is 1. The molecule has 1 aromatic rings. The van der Waals surface area contributed by atoms with Crippen LogP contribution in [0.3, 0.4) is 0 Å². The summed E-state index contributed by atoms with van der Waals surface area (Å²) in [4.78, 5) is 5.35. The van der Waals surface area contributed by atoms with Crippen LogP contribution in [0.25, 0.3) is 0 Å². The zero-order valence-electron chi connectivity index (χ0n) is 12.6. The van der Waals surface area contributed by atoms with Crippen LogP contribution in [0, 0.1) is 11.7 Å². The molecule has 0 atom stereocenters. The quantitative estimate of drug-likeness (QED) is 0.341. The van der Waals surface area contributed by atoms with Crippen molar-refractivity contribution in [2.24, 2.45) is 11.1 Å². The molecule has 0 aromatic heterocycles. The van der Waals surface area contributed by atoms with Gasteiger partial charge in [-0.25, -0.2) is 4.39 Å². The second-order valence-electron chi connectivity index (χ2n) is 4.60. The molecule has 116 valence electrons. The number of hydrogen-bond acceptors (Lipinski definition) is 4. The number of benzene rings is 1. The van der Waals surface area contributed by atoms with Gasteiger partial charge in [-0.05, 0) is 43.0 Å². The molecule has 0 aliphatic carbocycles. The van der Waals surface area contributed by atoms with Crippen molar-refractivity contribution in [2.75, 3.05) is 13.2 Å². The maximum absolute atomic E-state index is 13.9. The van der Waals surface area contributed by atoms with Gasteiger partial charge < -0.3 is 14.3 Å². The van der Waals surface area contributed by atoms with Crippen LogP contribution < -0.4 is 9.46 Å². The Morgan fingerprint density at radius 1 is 1.52 bits per heavy atom. The van der Waals surface area contributed by atoms with E-state index in [0.29, 0.717) is 35.6 Å². The lowest BCUT2D eigenvalue weighted by molar-refractivity contribution is 0.158. The number of nitrogens with zero attached hydrogens (tertiary/aromatic N) is 1. The van der Waals surface area contributed by atoms with Crippen LogP contribution in [0.2, 0.25) is 0 Å². The van der Waals surface area contributed by atoms with Crippen LogP contribution in [0.4, 0.5) is 4.39 Å². The molecule has 0 aliphatic heterocycles. The van der Waals surface area contributed by atoms with Crippen molar-refractivity contribution in [2.45, 2.75) is 25.7 Å². The minimum Gasteiger partial charge on any atom is -0.493 e. The predicted molar refractivity (Wildman–Crippen MR) is 85.0 cm³/mol. The van der Waals surface area contributed by atoms with Crippen molar-refractivity contribution in [3.63, 3.8) is 0 Å². The first-order valence-electron chi connectivity index (χ1n) is 6.74. The molecule has 0 fully saturated rings. The van der Waals surface area contributed by atoms with E-state index in [1.165, 1.54) is 12.1 Å². The highest BCUT2D eigenvalue weighted by Crippen LogP contribution is 2.24. The lowest BCUT2D eigenvalue weighted by atomic mass is 10.2. The van der Waals surface area contributed by atoms with Gasteiger partial charge in [0.2, 0.25) is 0 Å². The molecule has 0 unspecified atom stereocenters. The second kappa shape index (κ2) is 9.28. The summed E-state index contributed by atoms with van der Waals surface area (Å²) in [5.41, 5.74) is 0. The Balaban J connectivity index is 2.61. The topological polar surface area (TPSA) is 42.8 Å². The van der Waals surface area contributed by atoms with Gasteiger partial charge in [0.25, 0.3) is 0 Å². The summed E-state index contributed by atoms with van der Waals surface area (Å²) in [5, 5.41) is 3.79. The Labute approximate surface area is 129 Å². The van der Waals surface area contributed by atoms with Gasteiger partial charge in [-0.15, -0.1) is 0 Å². The highest BCUT2D eigenvalue weighted by Gasteiger charge is 2.07. The van der Waals surface area contributed by atoms with Crippen LogP contribution in [-0.4, -0.2) is 19.0 Å². The minimum atomic E-state index is -0.353. The molecule has 0 spiro atoms. The number of ether oxygens (including phenoxy) is 1. The van der Waals surface area contributed by atoms with Crippen molar-refractivity contribution in [3.05, 3.63) is 36.7 Å². The molecule has 0 saturated heterocycles. The van der Waals surface area contributed by atoms with Crippen LogP contribution in [0.5, 0.6) is 5.75 Å². The third-order valence-corrected chi connectivity index (χ3v) is 3.10. The maximum Gasteiger partial charge on any atom is 0.175 e. The van der Waals surface area contributed by atoms with Gasteiger partial charge in [0, 0.05) is 6.07 Å². The molecule has 1 rings (SSSR count). The molecule has 6 heteroatoms. The molecule has 0 bridgehead atoms. The molecule has 0 heterocycles. The van der Waals surface area contributed by atoms with Crippen molar-refractivity contribution < 1.29 is 14.0 Å². The predicted octanol–water partition coefficient (Wildman–Crippen LogP) is 3.99. The molecule has 1 N–H and O–H groups in total. The SMILES string of the molecule is C=C/C(=N\OCC)NSc1ccc(OCC(C)C)cc1F. The van der Waals surface area contributed by atoms with Crippen molar-refractivity contribution in [3.8, 4) is 5.75 Å². The Kier molecular flexibility index (Phi) is 7.68. The zero-order chi connectivity index (χ0) is 15.7. The summed E-state index contributed by atoms with van der Waals surface area (Å²) in [6, 6.07) is 4.77. The minimum absolute atomic E-state index is 0.353. The highest BCUT2D eigenvalue weighted by molar-refractivity contribution is 7.98. The lowest BCUT2D eigenvalue weighted by Crippen LogP contribution is -2.13. The van der Waals surface area contributed by atoms with E-state index in [9.17, 15) is 4.39 Å². The summed E-state index contributed by atoms with van der Waals surface area (Å²) in [5.74, 6) is 1.00. The second-order valence-corrected chi connectivity index (χ2v) is 5.45. The Morgan fingerprint density at radius 2 is 2.29 bits per heavy atom. The molecule has 21 heavy (non-hydrogen) atoms. The summed E-state index contributed by atoms with van der Waals surface area (Å²) in [6.07, 6.45) is 1.50. The lowest BCUT2D eigenvalue weighted by Gasteiger charge is -2.10. The molecule has 0 aliphatic rings. The van der Waals surface area contributed by atoms with Crippen molar-refractivity contribution in [1.82, 2.24) is 4.72 Å². The van der Waals surface area contributed by atoms with Gasteiger partial charge in [0.15, 0.2) is 5.84 Å². The van der Waals surface area contributed by atoms with Crippen molar-refractivity contribution >= 4 is 17.8 Å². The number of oxime groups is 1. The standard InChI is InChI=1S/C15H21FN2O2S/c1-5-15(17-20-6-2)18-21-14-8-7-12(9-13(14)16)19-10-11(3)4/h5,7-9,11H,1,6,10H2,2-4H3,(H,17,18). The van der Waals surface area contributed by atoms with Gasteiger partial charge in [-0.1, -0.05) is 25.6 Å². The van der Waals surface area contributed by atoms with E-state index in [0.717, 1.165) is 11.9 Å². The third kappa shape index (κ3) is 6.53. The van der Waals surface area contributed by atoms with E-state index in [1.807, 2.05) is 20.8 Å². The number of hydrogen-bond donors (Lipinski definition) is 1. The van der Waals surface area contributed by atoms with E-state index in [1.54, 1.807) is 12.1 Å². The van der Waals surface area contributed by atoms with E-state index in [-0.39, 0.29) is 5.82 Å². The first-order valence-corrected chi connectivity index (χ1v) is 7.56. The average molecular weight is 312 g/mol. The van der Waals surface area contributed by atoms with Crippen LogP contribution in [0.15, 0.2) is 40.9 Å². The fraction of sp³-hybridized carbons (Fsp3) is 0.400. The summed E-state index contributed by atoms with van der Waals surface area (Å²) < 4.78 is 22.3. The summed E-state index contributed by atoms with van der Waals surface area (Å²) in [6.45, 7) is 10.5. The van der Waals surface area contributed by atoms with E-state index < -0.39 is 0 Å². The molecule has 1 aromatic carbocycles. The van der Waals surface area contributed by atoms with E-state index >= 15 is 0 Å². The van der Waals surface area contributed by atoms with E-state index in [4.69, 9.17) is 9.57 Å². The van der Waals surface area contributed by atoms with Gasteiger partial charge in [-0.3, -0.25) is 0 Å². The zero-order valence-corrected chi connectivity index (χ0v) is 13.4. The molecular weight excluding hydrogens is 291 g/mol. The Bertz CT molecular complexity index is 493. The van der Waals surface area contributed by atoms with E-state index in [2.05, 4.69) is 16.5 Å². The van der Waals surface area contributed by atoms with Gasteiger partial charge in [-0.2, -0.15) is 0 Å². The van der Waals surface area contributed by atoms with Crippen LogP contribution >= 0.6 is 11.9 Å². The van der Waals surface area contributed by atoms with Crippen molar-refractivity contribution in [1.29, 1.82) is 0 Å². The van der Waals surface area contributed by atoms with Gasteiger partial charge in [0.05, 0.1) is 11.5 Å². The van der Waals surface area contributed by atoms with Gasteiger partial charge in [0.1, 0.15) is 18.2 Å². The first-order chi connectivity index (χ1) is 10.1. The fourth-order valence-electron chi connectivity index (χ4n) is 1.26. The maximum atomic E-state index is 13.9. The first kappa shape index (κ1) is 17.4. The molecular formula is C15H21FN2O2S. The summed E-state index contributed by atoms with van der Waals surface area (Å²) >= 11 is 1.10. The number of halogens is 1. The fourth-order valence-corrected chi connectivity index (χ4v) is 1.88. The van der Waals surface area contributed by atoms with Gasteiger partial charge >= 0.3 is 0 Å². The molecule has 0 amide bonds. The smallest absolute Gasteiger partial charge is 0.175 e. The third-order valence-electron chi connectivity index (χ3n) is 2.24. The number of rotatable bonds is 8. The largest absolute Gasteiger partial charge is 0.493 e. The monoisotopic (exact) mass is 312 g/mol. The number of nitrogens with one attached hydrogen (secondary N) is 1. The van der Waals surface area contributed by atoms with Crippen LogP contribution in [-0.2, 0) is 4.84 Å².